The van der Waals surface area contributed by atoms with Gasteiger partial charge >= 0.3 is 12.1 Å². The maximum atomic E-state index is 12.7. The number of rotatable bonds is 7. The fraction of sp³-hybridized carbons (Fsp3) is 0.333. The van der Waals surface area contributed by atoms with Gasteiger partial charge in [0.15, 0.2) is 0 Å². The summed E-state index contributed by atoms with van der Waals surface area (Å²) in [5.41, 5.74) is 1.22. The van der Waals surface area contributed by atoms with E-state index >= 15 is 0 Å². The van der Waals surface area contributed by atoms with Crippen LogP contribution in [0, 0.1) is 0 Å². The van der Waals surface area contributed by atoms with Crippen molar-refractivity contribution < 1.29 is 32.2 Å². The van der Waals surface area contributed by atoms with E-state index in [1.165, 1.54) is 18.4 Å². The van der Waals surface area contributed by atoms with Crippen molar-refractivity contribution in [2.75, 3.05) is 6.54 Å². The van der Waals surface area contributed by atoms with Crippen LogP contribution in [0.4, 0.5) is 13.2 Å². The summed E-state index contributed by atoms with van der Waals surface area (Å²) in [5.74, 6) is 0.0522. The zero-order valence-corrected chi connectivity index (χ0v) is 17.7. The number of likely N-dealkylation sites (tertiary alicyclic amines) is 1. The SMILES string of the molecule is O=C(O)C1CCCCN1Cc1ccc(OCc2coc(-c3ccc(C(F)(F)F)cc3)n2)cc1. The smallest absolute Gasteiger partial charge is 0.416 e. The zero-order valence-electron chi connectivity index (χ0n) is 17.7. The lowest BCUT2D eigenvalue weighted by molar-refractivity contribution is -0.145. The first-order valence-corrected chi connectivity index (χ1v) is 10.6. The van der Waals surface area contributed by atoms with Crippen LogP contribution >= 0.6 is 0 Å². The van der Waals surface area contributed by atoms with Gasteiger partial charge in [0.1, 0.15) is 30.4 Å². The van der Waals surface area contributed by atoms with Gasteiger partial charge in [0, 0.05) is 12.1 Å². The van der Waals surface area contributed by atoms with Crippen LogP contribution in [0.1, 0.15) is 36.1 Å². The maximum Gasteiger partial charge on any atom is 0.416 e. The number of aromatic nitrogens is 1. The quantitative estimate of drug-likeness (QED) is 0.510. The highest BCUT2D eigenvalue weighted by Gasteiger charge is 2.30. The minimum Gasteiger partial charge on any atom is -0.487 e. The third kappa shape index (κ3) is 5.73. The van der Waals surface area contributed by atoms with Crippen molar-refractivity contribution in [3.8, 4) is 17.2 Å². The van der Waals surface area contributed by atoms with Crippen molar-refractivity contribution >= 4 is 5.97 Å². The van der Waals surface area contributed by atoms with E-state index in [0.717, 1.165) is 37.1 Å². The summed E-state index contributed by atoms with van der Waals surface area (Å²) < 4.78 is 49.2. The van der Waals surface area contributed by atoms with E-state index in [9.17, 15) is 23.1 Å². The lowest BCUT2D eigenvalue weighted by atomic mass is 10.0. The lowest BCUT2D eigenvalue weighted by Gasteiger charge is -2.32. The number of hydrogen-bond donors (Lipinski definition) is 1. The van der Waals surface area contributed by atoms with Gasteiger partial charge in [-0.1, -0.05) is 18.6 Å². The lowest BCUT2D eigenvalue weighted by Crippen LogP contribution is -2.43. The molecule has 0 saturated carbocycles. The monoisotopic (exact) mass is 460 g/mol. The maximum absolute atomic E-state index is 12.7. The minimum atomic E-state index is -4.39. The predicted octanol–water partition coefficient (Wildman–Crippen LogP) is 5.38. The van der Waals surface area contributed by atoms with Crippen LogP contribution in [0.3, 0.4) is 0 Å². The molecule has 1 aliphatic rings. The number of ether oxygens (including phenoxy) is 1. The molecule has 0 bridgehead atoms. The molecule has 33 heavy (non-hydrogen) atoms. The molecule has 1 fully saturated rings. The normalized spacial score (nSPS) is 17.1. The number of alkyl halides is 3. The molecule has 1 atom stereocenters. The summed E-state index contributed by atoms with van der Waals surface area (Å²) in [5, 5.41) is 9.41. The van der Waals surface area contributed by atoms with Crippen LogP contribution in [0.2, 0.25) is 0 Å². The third-order valence-electron chi connectivity index (χ3n) is 5.61. The molecule has 1 N–H and O–H groups in total. The molecule has 1 aromatic heterocycles. The van der Waals surface area contributed by atoms with E-state index in [1.807, 2.05) is 29.2 Å². The van der Waals surface area contributed by atoms with Gasteiger partial charge in [-0.25, -0.2) is 4.98 Å². The average molecular weight is 460 g/mol. The highest BCUT2D eigenvalue weighted by molar-refractivity contribution is 5.73. The van der Waals surface area contributed by atoms with Gasteiger partial charge in [-0.15, -0.1) is 0 Å². The Bertz CT molecular complexity index is 1080. The Kier molecular flexibility index (Phi) is 6.69. The number of aliphatic carboxylic acids is 1. The van der Waals surface area contributed by atoms with E-state index < -0.39 is 23.8 Å². The number of hydrogen-bond acceptors (Lipinski definition) is 5. The van der Waals surface area contributed by atoms with E-state index in [-0.39, 0.29) is 12.5 Å². The Hall–Kier alpha value is -3.33. The van der Waals surface area contributed by atoms with E-state index in [0.29, 0.717) is 30.0 Å². The van der Waals surface area contributed by atoms with Crippen molar-refractivity contribution in [2.45, 2.75) is 44.6 Å². The second-order valence-corrected chi connectivity index (χ2v) is 7.97. The third-order valence-corrected chi connectivity index (χ3v) is 5.61. The molecule has 1 unspecified atom stereocenters. The van der Waals surface area contributed by atoms with E-state index in [4.69, 9.17) is 9.15 Å². The molecule has 1 aliphatic heterocycles. The summed E-state index contributed by atoms with van der Waals surface area (Å²) in [7, 11) is 0. The number of halogens is 3. The first-order valence-electron chi connectivity index (χ1n) is 10.6. The summed E-state index contributed by atoms with van der Waals surface area (Å²) in [6.07, 6.45) is -0.387. The first-order chi connectivity index (χ1) is 15.8. The van der Waals surface area contributed by atoms with Gasteiger partial charge in [-0.3, -0.25) is 9.69 Å². The number of carboxylic acids is 1. The number of piperidine rings is 1. The molecule has 0 amide bonds. The van der Waals surface area contributed by atoms with Crippen molar-refractivity contribution in [3.63, 3.8) is 0 Å². The first kappa shape index (κ1) is 22.8. The molecular formula is C24H23F3N2O4. The Labute approximate surface area is 188 Å². The van der Waals surface area contributed by atoms with Gasteiger partial charge in [0.05, 0.1) is 5.56 Å². The molecule has 2 aromatic carbocycles. The molecule has 174 valence electrons. The summed E-state index contributed by atoms with van der Waals surface area (Å²) in [6.45, 7) is 1.47. The van der Waals surface area contributed by atoms with Crippen molar-refractivity contribution in [2.24, 2.45) is 0 Å². The topological polar surface area (TPSA) is 75.8 Å². The van der Waals surface area contributed by atoms with Crippen LogP contribution in [-0.4, -0.2) is 33.5 Å². The van der Waals surface area contributed by atoms with Crippen LogP contribution in [-0.2, 0) is 24.1 Å². The summed E-state index contributed by atoms with van der Waals surface area (Å²) in [6, 6.07) is 11.6. The van der Waals surface area contributed by atoms with Crippen LogP contribution in [0.5, 0.6) is 5.75 Å². The molecule has 4 rings (SSSR count). The minimum absolute atomic E-state index is 0.136. The second-order valence-electron chi connectivity index (χ2n) is 7.97. The van der Waals surface area contributed by atoms with Gasteiger partial charge in [-0.2, -0.15) is 13.2 Å². The molecule has 0 spiro atoms. The van der Waals surface area contributed by atoms with Gasteiger partial charge in [0.25, 0.3) is 0 Å². The molecule has 1 saturated heterocycles. The highest BCUT2D eigenvalue weighted by Crippen LogP contribution is 2.31. The largest absolute Gasteiger partial charge is 0.487 e. The van der Waals surface area contributed by atoms with Crippen LogP contribution < -0.4 is 4.74 Å². The number of oxazole rings is 1. The Morgan fingerprint density at radius 3 is 2.52 bits per heavy atom. The fourth-order valence-electron chi connectivity index (χ4n) is 3.85. The van der Waals surface area contributed by atoms with Gasteiger partial charge < -0.3 is 14.3 Å². The number of nitrogens with zero attached hydrogens (tertiary/aromatic N) is 2. The number of benzene rings is 2. The molecular weight excluding hydrogens is 437 g/mol. The Morgan fingerprint density at radius 2 is 1.85 bits per heavy atom. The summed E-state index contributed by atoms with van der Waals surface area (Å²) in [4.78, 5) is 17.7. The Morgan fingerprint density at radius 1 is 1.12 bits per heavy atom. The average Bonchev–Trinajstić information content (AvgIpc) is 3.27. The second kappa shape index (κ2) is 9.66. The molecule has 0 aliphatic carbocycles. The number of carbonyl (C=O) groups is 1. The van der Waals surface area contributed by atoms with Crippen molar-refractivity contribution in [1.29, 1.82) is 0 Å². The fourth-order valence-corrected chi connectivity index (χ4v) is 3.85. The molecule has 9 heteroatoms. The summed E-state index contributed by atoms with van der Waals surface area (Å²) >= 11 is 0. The molecule has 2 heterocycles. The van der Waals surface area contributed by atoms with Crippen molar-refractivity contribution in [1.82, 2.24) is 9.88 Å². The van der Waals surface area contributed by atoms with Gasteiger partial charge in [0.2, 0.25) is 5.89 Å². The Balaban J connectivity index is 1.33. The van der Waals surface area contributed by atoms with Crippen LogP contribution in [0.15, 0.2) is 59.2 Å². The van der Waals surface area contributed by atoms with Crippen LogP contribution in [0.25, 0.3) is 11.5 Å². The van der Waals surface area contributed by atoms with E-state index in [1.54, 1.807) is 0 Å². The van der Waals surface area contributed by atoms with Gasteiger partial charge in [-0.05, 0) is 61.3 Å². The predicted molar refractivity (Wildman–Crippen MR) is 113 cm³/mol. The van der Waals surface area contributed by atoms with E-state index in [2.05, 4.69) is 4.98 Å². The number of carboxylic acid groups (broad SMARTS) is 1. The highest BCUT2D eigenvalue weighted by atomic mass is 19.4. The molecule has 0 radical (unpaired) electrons. The molecule has 6 nitrogen and oxygen atoms in total. The standard InChI is InChI=1S/C24H23F3N2O4/c25-24(26,27)18-8-6-17(7-9-18)22-28-19(15-33-22)14-32-20-10-4-16(5-11-20)13-29-12-2-1-3-21(29)23(30)31/h4-11,15,21H,1-3,12-14H2,(H,30,31). The van der Waals surface area contributed by atoms with Crippen molar-refractivity contribution in [3.05, 3.63) is 71.6 Å². The molecule has 3 aromatic rings. The zero-order chi connectivity index (χ0) is 23.4.